The zero-order chi connectivity index (χ0) is 18.5. The van der Waals surface area contributed by atoms with E-state index in [-0.39, 0.29) is 11.7 Å². The summed E-state index contributed by atoms with van der Waals surface area (Å²) >= 11 is 1.36. The predicted molar refractivity (Wildman–Crippen MR) is 105 cm³/mol. The number of carbonyl (C=O) groups excluding carboxylic acids is 1. The first-order valence-corrected chi connectivity index (χ1v) is 10.6. The molecule has 1 aromatic heterocycles. The lowest BCUT2D eigenvalue weighted by molar-refractivity contribution is 0.0997. The van der Waals surface area contributed by atoms with Gasteiger partial charge in [0.15, 0.2) is 9.84 Å². The zero-order valence-electron chi connectivity index (χ0n) is 14.4. The first-order chi connectivity index (χ1) is 12.4. The van der Waals surface area contributed by atoms with Crippen LogP contribution in [0.15, 0.2) is 59.5 Å². The molecule has 0 spiro atoms. The lowest BCUT2D eigenvalue weighted by Crippen LogP contribution is -2.25. The molecule has 0 N–H and O–H groups in total. The van der Waals surface area contributed by atoms with E-state index in [1.165, 1.54) is 11.3 Å². The highest BCUT2D eigenvalue weighted by Crippen LogP contribution is 2.43. The Labute approximate surface area is 156 Å². The molecule has 4 nitrogen and oxygen atoms in total. The van der Waals surface area contributed by atoms with Crippen molar-refractivity contribution >= 4 is 32.8 Å². The molecule has 2 heterocycles. The van der Waals surface area contributed by atoms with Crippen LogP contribution in [0.3, 0.4) is 0 Å². The molecule has 0 fully saturated rings. The van der Waals surface area contributed by atoms with Crippen LogP contribution in [0.1, 0.15) is 20.8 Å². The third-order valence-electron chi connectivity index (χ3n) is 4.53. The Morgan fingerprint density at radius 2 is 1.85 bits per heavy atom. The van der Waals surface area contributed by atoms with E-state index in [1.807, 2.05) is 37.3 Å². The first kappa shape index (κ1) is 17.0. The number of aryl methyl sites for hydroxylation is 1. The molecular weight excluding hydrogens is 366 g/mol. The SMILES string of the molecule is Cc1cccc(N(C)C(=O)c2cc3c(s2)-c2ccccc2S(=O)(=O)C3)c1. The second-order valence-electron chi connectivity index (χ2n) is 6.42. The van der Waals surface area contributed by atoms with Gasteiger partial charge in [-0.15, -0.1) is 11.3 Å². The second-order valence-corrected chi connectivity index (χ2v) is 9.43. The molecule has 1 aliphatic rings. The highest BCUT2D eigenvalue weighted by atomic mass is 32.2. The molecule has 0 atom stereocenters. The standard InChI is InChI=1S/C20H17NO3S2/c1-13-6-5-7-15(10-13)21(2)20(22)17-11-14-12-26(23,24)18-9-4-3-8-16(18)19(14)25-17/h3-11H,12H2,1-2H3. The van der Waals surface area contributed by atoms with Crippen molar-refractivity contribution in [2.24, 2.45) is 0 Å². The minimum atomic E-state index is -3.36. The third kappa shape index (κ3) is 2.75. The maximum absolute atomic E-state index is 12.9. The Hall–Kier alpha value is -2.44. The summed E-state index contributed by atoms with van der Waals surface area (Å²) in [5, 5.41) is 0. The van der Waals surface area contributed by atoms with E-state index < -0.39 is 9.84 Å². The normalized spacial score (nSPS) is 14.4. The summed E-state index contributed by atoms with van der Waals surface area (Å²) in [6.45, 7) is 1.98. The molecule has 1 aliphatic heterocycles. The van der Waals surface area contributed by atoms with E-state index in [0.29, 0.717) is 20.9 Å². The Balaban J connectivity index is 1.76. The maximum Gasteiger partial charge on any atom is 0.268 e. The topological polar surface area (TPSA) is 54.5 Å². The quantitative estimate of drug-likeness (QED) is 0.663. The van der Waals surface area contributed by atoms with Crippen molar-refractivity contribution in [1.82, 2.24) is 0 Å². The van der Waals surface area contributed by atoms with E-state index >= 15 is 0 Å². The number of amides is 1. The van der Waals surface area contributed by atoms with Crippen molar-refractivity contribution in [2.75, 3.05) is 11.9 Å². The molecule has 0 aliphatic carbocycles. The number of hydrogen-bond acceptors (Lipinski definition) is 4. The van der Waals surface area contributed by atoms with Crippen LogP contribution in [-0.4, -0.2) is 21.4 Å². The van der Waals surface area contributed by atoms with Crippen LogP contribution in [0.4, 0.5) is 5.69 Å². The summed E-state index contributed by atoms with van der Waals surface area (Å²) in [5.74, 6) is -0.193. The molecule has 0 bridgehead atoms. The van der Waals surface area contributed by atoms with Crippen LogP contribution in [0.5, 0.6) is 0 Å². The number of thiophene rings is 1. The van der Waals surface area contributed by atoms with Crippen molar-refractivity contribution in [3.63, 3.8) is 0 Å². The third-order valence-corrected chi connectivity index (χ3v) is 7.44. The highest BCUT2D eigenvalue weighted by Gasteiger charge is 2.31. The first-order valence-electron chi connectivity index (χ1n) is 8.16. The molecule has 26 heavy (non-hydrogen) atoms. The number of nitrogens with zero attached hydrogens (tertiary/aromatic N) is 1. The van der Waals surface area contributed by atoms with Crippen LogP contribution in [0, 0.1) is 6.92 Å². The summed E-state index contributed by atoms with van der Waals surface area (Å²) in [6.07, 6.45) is 0. The minimum Gasteiger partial charge on any atom is -0.311 e. The molecule has 0 saturated heterocycles. The van der Waals surface area contributed by atoms with Gasteiger partial charge >= 0.3 is 0 Å². The summed E-state index contributed by atoms with van der Waals surface area (Å²) in [6, 6.07) is 16.4. The number of hydrogen-bond donors (Lipinski definition) is 0. The van der Waals surface area contributed by atoms with Gasteiger partial charge in [0.05, 0.1) is 15.5 Å². The summed E-state index contributed by atoms with van der Waals surface area (Å²) in [7, 11) is -1.63. The molecular formula is C20H17NO3S2. The van der Waals surface area contributed by atoms with Gasteiger partial charge < -0.3 is 4.90 Å². The Kier molecular flexibility index (Phi) is 3.97. The number of fused-ring (bicyclic) bond motifs is 3. The lowest BCUT2D eigenvalue weighted by atomic mass is 10.1. The number of carbonyl (C=O) groups is 1. The van der Waals surface area contributed by atoms with Crippen molar-refractivity contribution < 1.29 is 13.2 Å². The van der Waals surface area contributed by atoms with Gasteiger partial charge in [0, 0.05) is 23.2 Å². The Morgan fingerprint density at radius 3 is 2.62 bits per heavy atom. The maximum atomic E-state index is 12.9. The molecule has 3 aromatic rings. The molecule has 1 amide bonds. The Bertz CT molecular complexity index is 1130. The molecule has 0 unspecified atom stereocenters. The number of sulfone groups is 1. The van der Waals surface area contributed by atoms with E-state index in [9.17, 15) is 13.2 Å². The largest absolute Gasteiger partial charge is 0.311 e. The van der Waals surface area contributed by atoms with Gasteiger partial charge in [0.2, 0.25) is 0 Å². The van der Waals surface area contributed by atoms with Crippen molar-refractivity contribution in [3.05, 3.63) is 70.6 Å². The van der Waals surface area contributed by atoms with Gasteiger partial charge in [0.25, 0.3) is 5.91 Å². The average molecular weight is 383 g/mol. The van der Waals surface area contributed by atoms with Gasteiger partial charge in [0.1, 0.15) is 0 Å². The van der Waals surface area contributed by atoms with E-state index in [2.05, 4.69) is 0 Å². The average Bonchev–Trinajstić information content (AvgIpc) is 3.04. The van der Waals surface area contributed by atoms with Crippen molar-refractivity contribution in [2.45, 2.75) is 17.6 Å². The smallest absolute Gasteiger partial charge is 0.268 e. The lowest BCUT2D eigenvalue weighted by Gasteiger charge is -2.16. The number of benzene rings is 2. The van der Waals surface area contributed by atoms with E-state index in [1.54, 1.807) is 36.2 Å². The molecule has 132 valence electrons. The fraction of sp³-hybridized carbons (Fsp3) is 0.150. The van der Waals surface area contributed by atoms with Gasteiger partial charge in [-0.1, -0.05) is 30.3 Å². The molecule has 4 rings (SSSR count). The number of rotatable bonds is 2. The summed E-state index contributed by atoms with van der Waals surface area (Å²) in [5.41, 5.74) is 3.28. The van der Waals surface area contributed by atoms with Crippen LogP contribution >= 0.6 is 11.3 Å². The van der Waals surface area contributed by atoms with Crippen LogP contribution in [0.25, 0.3) is 10.4 Å². The van der Waals surface area contributed by atoms with Crippen LogP contribution in [-0.2, 0) is 15.6 Å². The molecule has 0 radical (unpaired) electrons. The van der Waals surface area contributed by atoms with E-state index in [0.717, 1.165) is 16.1 Å². The van der Waals surface area contributed by atoms with Crippen molar-refractivity contribution in [1.29, 1.82) is 0 Å². The molecule has 2 aromatic carbocycles. The minimum absolute atomic E-state index is 0.0582. The van der Waals surface area contributed by atoms with Gasteiger partial charge in [-0.2, -0.15) is 0 Å². The van der Waals surface area contributed by atoms with Gasteiger partial charge in [-0.05, 0) is 42.3 Å². The highest BCUT2D eigenvalue weighted by molar-refractivity contribution is 7.91. The second kappa shape index (κ2) is 6.07. The summed E-state index contributed by atoms with van der Waals surface area (Å²) < 4.78 is 25.0. The fourth-order valence-corrected chi connectivity index (χ4v) is 6.13. The van der Waals surface area contributed by atoms with Gasteiger partial charge in [-0.25, -0.2) is 8.42 Å². The van der Waals surface area contributed by atoms with Crippen molar-refractivity contribution in [3.8, 4) is 10.4 Å². The van der Waals surface area contributed by atoms with Gasteiger partial charge in [-0.3, -0.25) is 4.79 Å². The predicted octanol–water partition coefficient (Wildman–Crippen LogP) is 4.29. The zero-order valence-corrected chi connectivity index (χ0v) is 16.0. The van der Waals surface area contributed by atoms with Crippen LogP contribution in [0.2, 0.25) is 0 Å². The van der Waals surface area contributed by atoms with E-state index in [4.69, 9.17) is 0 Å². The monoisotopic (exact) mass is 383 g/mol. The molecule has 6 heteroatoms. The number of anilines is 1. The fourth-order valence-electron chi connectivity index (χ4n) is 3.20. The Morgan fingerprint density at radius 1 is 1.08 bits per heavy atom. The molecule has 0 saturated carbocycles. The summed E-state index contributed by atoms with van der Waals surface area (Å²) in [4.78, 5) is 16.3. The van der Waals surface area contributed by atoms with Crippen LogP contribution < -0.4 is 4.90 Å².